The van der Waals surface area contributed by atoms with Crippen molar-refractivity contribution in [3.63, 3.8) is 0 Å². The fourth-order valence-corrected chi connectivity index (χ4v) is 5.39. The van der Waals surface area contributed by atoms with E-state index in [0.717, 1.165) is 61.1 Å². The summed E-state index contributed by atoms with van der Waals surface area (Å²) in [6, 6.07) is 6.09. The Morgan fingerprint density at radius 1 is 1.27 bits per heavy atom. The zero-order valence-corrected chi connectivity index (χ0v) is 18.8. The predicted molar refractivity (Wildman–Crippen MR) is 114 cm³/mol. The van der Waals surface area contributed by atoms with Gasteiger partial charge in [-0.05, 0) is 63.9 Å². The minimum absolute atomic E-state index is 0.206. The van der Waals surface area contributed by atoms with Crippen LogP contribution in [-0.2, 0) is 17.8 Å². The highest BCUT2D eigenvalue weighted by Crippen LogP contribution is 2.57. The largest absolute Gasteiger partial charge is 0.444 e. The molecule has 2 fully saturated rings. The van der Waals surface area contributed by atoms with Gasteiger partial charge in [-0.15, -0.1) is 0 Å². The maximum atomic E-state index is 12.3. The van der Waals surface area contributed by atoms with Gasteiger partial charge >= 0.3 is 6.09 Å². The maximum absolute atomic E-state index is 12.3. The number of aromatic nitrogens is 1. The molecule has 30 heavy (non-hydrogen) atoms. The topological polar surface area (TPSA) is 58.8 Å². The Morgan fingerprint density at radius 2 is 2.00 bits per heavy atom. The van der Waals surface area contributed by atoms with Crippen molar-refractivity contribution in [3.8, 4) is 11.1 Å². The van der Waals surface area contributed by atoms with Gasteiger partial charge in [0.2, 0.25) is 0 Å². The van der Waals surface area contributed by atoms with Gasteiger partial charge in [-0.2, -0.15) is 0 Å². The first-order chi connectivity index (χ1) is 14.1. The quantitative estimate of drug-likeness (QED) is 0.634. The molecule has 1 saturated heterocycles. The second-order valence-corrected chi connectivity index (χ2v) is 10.7. The maximum Gasteiger partial charge on any atom is 0.410 e. The lowest BCUT2D eigenvalue weighted by Gasteiger charge is -2.58. The highest BCUT2D eigenvalue weighted by molar-refractivity contribution is 6.30. The van der Waals surface area contributed by atoms with Crippen molar-refractivity contribution in [2.24, 2.45) is 5.41 Å². The zero-order chi connectivity index (χ0) is 21.3. The van der Waals surface area contributed by atoms with E-state index in [1.54, 1.807) is 0 Å². The summed E-state index contributed by atoms with van der Waals surface area (Å²) in [6.07, 6.45) is 1.86. The van der Waals surface area contributed by atoms with Crippen LogP contribution in [0.15, 0.2) is 22.7 Å². The minimum atomic E-state index is -0.455. The fraction of sp³-hybridized carbons (Fsp3) is 0.565. The Bertz CT molecular complexity index is 996. The predicted octanol–water partition coefficient (Wildman–Crippen LogP) is 5.05. The molecule has 2 aromatic rings. The highest BCUT2D eigenvalue weighted by atomic mass is 35.5. The number of carbonyl (C=O) groups excluding carboxylic acids is 1. The van der Waals surface area contributed by atoms with Gasteiger partial charge in [0.15, 0.2) is 5.76 Å². The molecule has 0 atom stereocenters. The van der Waals surface area contributed by atoms with Crippen molar-refractivity contribution in [3.05, 3.63) is 40.2 Å². The molecule has 3 aliphatic rings. The highest BCUT2D eigenvalue weighted by Gasteiger charge is 2.56. The molecule has 0 unspecified atom stereocenters. The number of rotatable bonds is 1. The van der Waals surface area contributed by atoms with Gasteiger partial charge in [0.1, 0.15) is 5.60 Å². The van der Waals surface area contributed by atoms with E-state index >= 15 is 0 Å². The van der Waals surface area contributed by atoms with Crippen LogP contribution in [0.2, 0.25) is 5.02 Å². The smallest absolute Gasteiger partial charge is 0.410 e. The first-order valence-corrected chi connectivity index (χ1v) is 10.9. The molecule has 1 spiro atoms. The number of benzene rings is 1. The average molecular weight is 430 g/mol. The number of halogens is 1. The van der Waals surface area contributed by atoms with E-state index in [0.29, 0.717) is 5.92 Å². The summed E-state index contributed by atoms with van der Waals surface area (Å²) in [7, 11) is 2.08. The second-order valence-electron chi connectivity index (χ2n) is 10.3. The van der Waals surface area contributed by atoms with Crippen LogP contribution >= 0.6 is 11.6 Å². The van der Waals surface area contributed by atoms with Gasteiger partial charge in [-0.1, -0.05) is 22.8 Å². The third-order valence-electron chi connectivity index (χ3n) is 6.43. The van der Waals surface area contributed by atoms with Crippen molar-refractivity contribution in [1.29, 1.82) is 0 Å². The van der Waals surface area contributed by atoms with Crippen LogP contribution in [0.3, 0.4) is 0 Å². The molecule has 5 rings (SSSR count). The van der Waals surface area contributed by atoms with E-state index < -0.39 is 5.60 Å². The van der Waals surface area contributed by atoms with E-state index in [1.165, 1.54) is 11.1 Å². The Morgan fingerprint density at radius 3 is 2.70 bits per heavy atom. The zero-order valence-electron chi connectivity index (χ0n) is 18.0. The van der Waals surface area contributed by atoms with Crippen molar-refractivity contribution < 1.29 is 14.1 Å². The summed E-state index contributed by atoms with van der Waals surface area (Å²) >= 11 is 6.26. The van der Waals surface area contributed by atoms with E-state index in [2.05, 4.69) is 23.2 Å². The van der Waals surface area contributed by atoms with Gasteiger partial charge < -0.3 is 14.2 Å². The molecule has 3 heterocycles. The van der Waals surface area contributed by atoms with E-state index in [1.807, 2.05) is 37.8 Å². The Hall–Kier alpha value is -2.05. The van der Waals surface area contributed by atoms with Gasteiger partial charge in [0.05, 0.1) is 12.2 Å². The number of hydrogen-bond acceptors (Lipinski definition) is 5. The Labute approximate surface area is 182 Å². The first kappa shape index (κ1) is 19.9. The van der Waals surface area contributed by atoms with E-state index in [9.17, 15) is 4.79 Å². The van der Waals surface area contributed by atoms with Crippen LogP contribution in [0, 0.1) is 5.41 Å². The third-order valence-corrected chi connectivity index (χ3v) is 6.66. The molecule has 0 radical (unpaired) electrons. The summed E-state index contributed by atoms with van der Waals surface area (Å²) in [5, 5.41) is 5.26. The van der Waals surface area contributed by atoms with Crippen LogP contribution in [0.25, 0.3) is 11.1 Å². The average Bonchev–Trinajstić information content (AvgIpc) is 2.88. The molecule has 0 bridgehead atoms. The number of carbonyl (C=O) groups is 1. The summed E-state index contributed by atoms with van der Waals surface area (Å²) < 4.78 is 11.3. The molecule has 1 aromatic heterocycles. The van der Waals surface area contributed by atoms with Gasteiger partial charge in [-0.3, -0.25) is 4.90 Å². The number of nitrogens with zero attached hydrogens (tertiary/aromatic N) is 3. The fourth-order valence-electron chi connectivity index (χ4n) is 5.20. The van der Waals surface area contributed by atoms with Crippen LogP contribution < -0.4 is 0 Å². The monoisotopic (exact) mass is 429 g/mol. The molecule has 1 aromatic carbocycles. The SMILES string of the molecule is CN1Cc2cc(Cl)ccc2-c2c(C3CC4(C3)CN(C(=O)OC(C)(C)C)C4)noc2C1. The number of amides is 1. The van der Waals surface area contributed by atoms with Crippen molar-refractivity contribution in [2.45, 2.75) is 58.2 Å². The van der Waals surface area contributed by atoms with Crippen LogP contribution in [0.4, 0.5) is 4.79 Å². The third kappa shape index (κ3) is 3.40. The minimum Gasteiger partial charge on any atom is -0.444 e. The Kier molecular flexibility index (Phi) is 4.46. The van der Waals surface area contributed by atoms with Crippen molar-refractivity contribution in [1.82, 2.24) is 15.0 Å². The van der Waals surface area contributed by atoms with E-state index in [4.69, 9.17) is 20.9 Å². The second kappa shape index (κ2) is 6.72. The van der Waals surface area contributed by atoms with Gasteiger partial charge in [0.25, 0.3) is 0 Å². The molecular formula is C23H28ClN3O3. The normalized spacial score (nSPS) is 20.8. The van der Waals surface area contributed by atoms with Crippen LogP contribution in [0.5, 0.6) is 0 Å². The number of fused-ring (bicyclic) bond motifs is 3. The number of likely N-dealkylation sites (tertiary alicyclic amines) is 1. The summed E-state index contributed by atoms with van der Waals surface area (Å²) in [4.78, 5) is 16.3. The summed E-state index contributed by atoms with van der Waals surface area (Å²) in [5.41, 5.74) is 4.35. The summed E-state index contributed by atoms with van der Waals surface area (Å²) in [6.45, 7) is 8.81. The number of hydrogen-bond donors (Lipinski definition) is 0. The lowest BCUT2D eigenvalue weighted by Crippen LogP contribution is -2.63. The molecule has 1 aliphatic carbocycles. The van der Waals surface area contributed by atoms with E-state index in [-0.39, 0.29) is 11.5 Å². The molecule has 1 amide bonds. The molecule has 7 heteroatoms. The standard InChI is InChI=1S/C23H28ClN3O3/c1-22(2,3)29-21(28)27-12-23(13-27)8-15(9-23)20-19-17-6-5-16(24)7-14(17)10-26(4)11-18(19)30-25-20/h5-7,15H,8-13H2,1-4H3. The molecule has 160 valence electrons. The molecule has 1 saturated carbocycles. The molecule has 0 N–H and O–H groups in total. The lowest BCUT2D eigenvalue weighted by molar-refractivity contribution is -0.0794. The van der Waals surface area contributed by atoms with Crippen molar-refractivity contribution >= 4 is 17.7 Å². The van der Waals surface area contributed by atoms with Gasteiger partial charge in [0, 0.05) is 41.6 Å². The summed E-state index contributed by atoms with van der Waals surface area (Å²) in [5.74, 6) is 1.30. The molecule has 2 aliphatic heterocycles. The molecular weight excluding hydrogens is 402 g/mol. The van der Waals surface area contributed by atoms with Crippen LogP contribution in [-0.4, -0.2) is 46.8 Å². The molecule has 6 nitrogen and oxygen atoms in total. The Balaban J connectivity index is 1.33. The van der Waals surface area contributed by atoms with Crippen LogP contribution in [0.1, 0.15) is 56.5 Å². The lowest BCUT2D eigenvalue weighted by atomic mass is 9.56. The first-order valence-electron chi connectivity index (χ1n) is 10.6. The van der Waals surface area contributed by atoms with Crippen molar-refractivity contribution in [2.75, 3.05) is 20.1 Å². The van der Waals surface area contributed by atoms with Gasteiger partial charge in [-0.25, -0.2) is 4.79 Å². The number of ether oxygens (including phenoxy) is 1.